The molecule has 0 aliphatic heterocycles. The molecule has 1 N–H and O–H groups in total. The number of allylic oxidation sites excluding steroid dienone is 4. The van der Waals surface area contributed by atoms with Gasteiger partial charge in [0.1, 0.15) is 0 Å². The lowest BCUT2D eigenvalue weighted by atomic mass is 9.46. The van der Waals surface area contributed by atoms with Crippen LogP contribution in [0, 0.1) is 39.9 Å². The van der Waals surface area contributed by atoms with Gasteiger partial charge in [0, 0.05) is 0 Å². The van der Waals surface area contributed by atoms with Crippen molar-refractivity contribution in [2.24, 2.45) is 39.9 Å². The number of aliphatic hydroxyl groups excluding tert-OH is 1. The molecule has 0 bridgehead atoms. The highest BCUT2D eigenvalue weighted by Crippen LogP contribution is 2.66. The molecule has 0 saturated heterocycles. The first-order chi connectivity index (χ1) is 15.0. The first kappa shape index (κ1) is 26.1. The van der Waals surface area contributed by atoms with Crippen molar-refractivity contribution >= 4 is 0 Å². The summed E-state index contributed by atoms with van der Waals surface area (Å²) >= 11 is 0. The molecule has 1 fully saturated rings. The fourth-order valence-electron chi connectivity index (χ4n) is 8.63. The minimum Gasteiger partial charge on any atom is -0.393 e. The number of rotatable bonds is 5. The fourth-order valence-corrected chi connectivity index (χ4v) is 8.63. The smallest absolute Gasteiger partial charge is 0.0594 e. The molecule has 0 heterocycles. The maximum absolute atomic E-state index is 10.8. The summed E-state index contributed by atoms with van der Waals surface area (Å²) in [4.78, 5) is 0. The summed E-state index contributed by atoms with van der Waals surface area (Å²) in [5.41, 5.74) is 6.09. The van der Waals surface area contributed by atoms with Crippen molar-refractivity contribution in [1.82, 2.24) is 0 Å². The molecule has 1 heteroatoms. The predicted octanol–water partition coefficient (Wildman–Crippen LogP) is 9.12. The largest absolute Gasteiger partial charge is 0.393 e. The van der Waals surface area contributed by atoms with E-state index in [1.54, 1.807) is 16.7 Å². The van der Waals surface area contributed by atoms with Crippen LogP contribution >= 0.6 is 0 Å². The molecule has 0 aromatic heterocycles. The van der Waals surface area contributed by atoms with Gasteiger partial charge < -0.3 is 5.11 Å². The normalized spacial score (nSPS) is 38.8. The first-order valence-corrected chi connectivity index (χ1v) is 14.1. The van der Waals surface area contributed by atoms with Crippen LogP contribution in [0.15, 0.2) is 22.8 Å². The standard InChI is InChI=1S/C29H48O.C2H6/c1-19(2)9-8-10-20(3)22-12-13-23-21-11-14-25-27(4,5)26(30)16-18-29(25,7)24(21)15-17-28(22,23)6;1-2/h13,19-20,22,25-26,30H,8-12,14-18H2,1-7H3;1-2H3. The zero-order valence-corrected chi connectivity index (χ0v) is 23.0. The van der Waals surface area contributed by atoms with Crippen LogP contribution in [0.5, 0.6) is 0 Å². The Labute approximate surface area is 200 Å². The quantitative estimate of drug-likeness (QED) is 0.450. The molecule has 1 nitrogen and oxygen atoms in total. The molecule has 0 radical (unpaired) electrons. The molecule has 6 unspecified atom stereocenters. The van der Waals surface area contributed by atoms with E-state index < -0.39 is 0 Å². The number of hydrogen-bond donors (Lipinski definition) is 1. The molecular weight excluding hydrogens is 388 g/mol. The van der Waals surface area contributed by atoms with Gasteiger partial charge in [0.2, 0.25) is 0 Å². The SMILES string of the molecule is CC.CC(C)CCCC(C)C1CC=C2C3=C(CCC21C)C1(C)CCC(O)C(C)(C)C1CC3. The maximum atomic E-state index is 10.8. The van der Waals surface area contributed by atoms with Crippen LogP contribution in [0.1, 0.15) is 127 Å². The lowest BCUT2D eigenvalue weighted by Crippen LogP contribution is -2.53. The molecular formula is C31H54O. The zero-order chi connectivity index (χ0) is 23.9. The first-order valence-electron chi connectivity index (χ1n) is 14.1. The summed E-state index contributed by atoms with van der Waals surface area (Å²) in [6, 6.07) is 0. The molecule has 0 amide bonds. The van der Waals surface area contributed by atoms with E-state index in [4.69, 9.17) is 0 Å². The molecule has 0 spiro atoms. The molecule has 4 rings (SSSR count). The van der Waals surface area contributed by atoms with Crippen LogP contribution in [0.3, 0.4) is 0 Å². The van der Waals surface area contributed by atoms with Gasteiger partial charge in [-0.05, 0) is 96.0 Å². The van der Waals surface area contributed by atoms with Crippen LogP contribution in [-0.2, 0) is 0 Å². The number of aliphatic hydroxyl groups is 1. The Balaban J connectivity index is 0.00000141. The van der Waals surface area contributed by atoms with E-state index in [0.717, 1.165) is 24.2 Å². The minimum absolute atomic E-state index is 0.0454. The molecule has 0 aromatic rings. The third-order valence-electron chi connectivity index (χ3n) is 10.6. The third kappa shape index (κ3) is 4.18. The Morgan fingerprint density at radius 3 is 2.28 bits per heavy atom. The summed E-state index contributed by atoms with van der Waals surface area (Å²) in [6.07, 6.45) is 15.3. The van der Waals surface area contributed by atoms with E-state index in [9.17, 15) is 5.11 Å². The van der Waals surface area contributed by atoms with Gasteiger partial charge in [-0.2, -0.15) is 0 Å². The minimum atomic E-state index is -0.131. The lowest BCUT2D eigenvalue weighted by molar-refractivity contribution is -0.0905. The molecule has 0 aromatic carbocycles. The fraction of sp³-hybridized carbons (Fsp3) is 0.871. The van der Waals surface area contributed by atoms with Gasteiger partial charge in [-0.25, -0.2) is 0 Å². The van der Waals surface area contributed by atoms with E-state index in [-0.39, 0.29) is 11.5 Å². The third-order valence-corrected chi connectivity index (χ3v) is 10.6. The highest BCUT2D eigenvalue weighted by molar-refractivity contribution is 5.49. The Bertz CT molecular complexity index is 725. The van der Waals surface area contributed by atoms with Crippen molar-refractivity contribution in [3.63, 3.8) is 0 Å². The topological polar surface area (TPSA) is 20.2 Å². The van der Waals surface area contributed by atoms with Crippen LogP contribution in [-0.4, -0.2) is 11.2 Å². The lowest BCUT2D eigenvalue weighted by Gasteiger charge is -2.59. The second-order valence-electron chi connectivity index (χ2n) is 13.0. The van der Waals surface area contributed by atoms with Crippen molar-refractivity contribution in [2.45, 2.75) is 133 Å². The van der Waals surface area contributed by atoms with Crippen molar-refractivity contribution in [3.05, 3.63) is 22.8 Å². The second kappa shape index (κ2) is 9.59. The van der Waals surface area contributed by atoms with Crippen LogP contribution in [0.4, 0.5) is 0 Å². The van der Waals surface area contributed by atoms with Crippen molar-refractivity contribution in [1.29, 1.82) is 0 Å². The van der Waals surface area contributed by atoms with Gasteiger partial charge in [-0.3, -0.25) is 0 Å². The second-order valence-corrected chi connectivity index (χ2v) is 13.0. The molecule has 6 atom stereocenters. The monoisotopic (exact) mass is 442 g/mol. The summed E-state index contributed by atoms with van der Waals surface area (Å²) < 4.78 is 0. The van der Waals surface area contributed by atoms with E-state index in [1.807, 2.05) is 13.8 Å². The van der Waals surface area contributed by atoms with Gasteiger partial charge in [0.05, 0.1) is 6.10 Å². The van der Waals surface area contributed by atoms with Crippen LogP contribution in [0.25, 0.3) is 0 Å². The average Bonchev–Trinajstić information content (AvgIpc) is 3.09. The Morgan fingerprint density at radius 1 is 0.938 bits per heavy atom. The molecule has 4 aliphatic rings. The predicted molar refractivity (Wildman–Crippen MR) is 140 cm³/mol. The van der Waals surface area contributed by atoms with Crippen LogP contribution < -0.4 is 0 Å². The summed E-state index contributed by atoms with van der Waals surface area (Å²) in [5.74, 6) is 3.13. The number of fused-ring (bicyclic) bond motifs is 4. The summed E-state index contributed by atoms with van der Waals surface area (Å²) in [5, 5.41) is 10.8. The van der Waals surface area contributed by atoms with E-state index in [0.29, 0.717) is 16.7 Å². The summed E-state index contributed by atoms with van der Waals surface area (Å²) in [6.45, 7) is 21.1. The zero-order valence-electron chi connectivity index (χ0n) is 23.0. The van der Waals surface area contributed by atoms with Crippen molar-refractivity contribution in [2.75, 3.05) is 0 Å². The van der Waals surface area contributed by atoms with Crippen molar-refractivity contribution in [3.8, 4) is 0 Å². The van der Waals surface area contributed by atoms with Gasteiger partial charge >= 0.3 is 0 Å². The van der Waals surface area contributed by atoms with E-state index in [2.05, 4.69) is 54.5 Å². The van der Waals surface area contributed by atoms with Crippen LogP contribution in [0.2, 0.25) is 0 Å². The average molecular weight is 443 g/mol. The highest BCUT2D eigenvalue weighted by atomic mass is 16.3. The van der Waals surface area contributed by atoms with Gasteiger partial charge in [-0.15, -0.1) is 0 Å². The van der Waals surface area contributed by atoms with E-state index in [1.165, 1.54) is 57.8 Å². The van der Waals surface area contributed by atoms with E-state index >= 15 is 0 Å². The molecule has 4 aliphatic carbocycles. The van der Waals surface area contributed by atoms with Gasteiger partial charge in [0.15, 0.2) is 0 Å². The molecule has 32 heavy (non-hydrogen) atoms. The Kier molecular flexibility index (Phi) is 7.81. The van der Waals surface area contributed by atoms with Gasteiger partial charge in [0.25, 0.3) is 0 Å². The maximum Gasteiger partial charge on any atom is 0.0594 e. The van der Waals surface area contributed by atoms with Gasteiger partial charge in [-0.1, -0.05) is 93.2 Å². The highest BCUT2D eigenvalue weighted by Gasteiger charge is 2.57. The molecule has 1 saturated carbocycles. The Hall–Kier alpha value is -0.560. The Morgan fingerprint density at radius 2 is 1.62 bits per heavy atom. The summed E-state index contributed by atoms with van der Waals surface area (Å²) in [7, 11) is 0. The number of hydrogen-bond acceptors (Lipinski definition) is 1. The van der Waals surface area contributed by atoms with Crippen molar-refractivity contribution < 1.29 is 5.11 Å². The molecule has 184 valence electrons.